The van der Waals surface area contributed by atoms with Crippen LogP contribution in [0.2, 0.25) is 10.0 Å². The van der Waals surface area contributed by atoms with E-state index in [0.29, 0.717) is 35.6 Å². The first-order valence-electron chi connectivity index (χ1n) is 6.55. The average molecular weight is 301 g/mol. The lowest BCUT2D eigenvalue weighted by molar-refractivity contribution is -0.132. The quantitative estimate of drug-likeness (QED) is 0.877. The normalized spacial score (nSPS) is 14.5. The van der Waals surface area contributed by atoms with Gasteiger partial charge in [0, 0.05) is 19.0 Å². The predicted molar refractivity (Wildman–Crippen MR) is 78.3 cm³/mol. The molecule has 2 rings (SSSR count). The first-order valence-corrected chi connectivity index (χ1v) is 7.31. The molecule has 3 nitrogen and oxygen atoms in total. The van der Waals surface area contributed by atoms with Gasteiger partial charge < -0.3 is 10.6 Å². The summed E-state index contributed by atoms with van der Waals surface area (Å²) in [5.41, 5.74) is 6.47. The molecule has 19 heavy (non-hydrogen) atoms. The Bertz CT molecular complexity index is 461. The zero-order valence-corrected chi connectivity index (χ0v) is 12.3. The summed E-state index contributed by atoms with van der Waals surface area (Å²) in [6.45, 7) is 1.15. The van der Waals surface area contributed by atoms with Crippen LogP contribution in [0.1, 0.15) is 31.2 Å². The highest BCUT2D eigenvalue weighted by Crippen LogP contribution is 2.30. The van der Waals surface area contributed by atoms with Gasteiger partial charge in [-0.2, -0.15) is 0 Å². The van der Waals surface area contributed by atoms with Crippen LogP contribution >= 0.6 is 23.2 Å². The highest BCUT2D eigenvalue weighted by molar-refractivity contribution is 6.42. The minimum absolute atomic E-state index is 0.180. The third-order valence-electron chi connectivity index (χ3n) is 3.24. The lowest BCUT2D eigenvalue weighted by Crippen LogP contribution is -2.32. The molecule has 1 fully saturated rings. The van der Waals surface area contributed by atoms with Crippen molar-refractivity contribution in [2.24, 2.45) is 5.73 Å². The number of carbonyl (C=O) groups excluding carboxylic acids is 1. The fourth-order valence-electron chi connectivity index (χ4n) is 2.04. The maximum atomic E-state index is 12.2. The monoisotopic (exact) mass is 300 g/mol. The summed E-state index contributed by atoms with van der Waals surface area (Å²) in [5.74, 6) is 0.180. The number of nitrogens with two attached hydrogens (primary N) is 1. The van der Waals surface area contributed by atoms with Crippen molar-refractivity contribution < 1.29 is 4.79 Å². The third kappa shape index (κ3) is 4.10. The Morgan fingerprint density at radius 1 is 1.32 bits per heavy atom. The minimum Gasteiger partial charge on any atom is -0.335 e. The van der Waals surface area contributed by atoms with Crippen LogP contribution < -0.4 is 5.73 Å². The van der Waals surface area contributed by atoms with E-state index in [4.69, 9.17) is 28.9 Å². The summed E-state index contributed by atoms with van der Waals surface area (Å²) in [5, 5.41) is 1.07. The summed E-state index contributed by atoms with van der Waals surface area (Å²) in [7, 11) is 0. The van der Waals surface area contributed by atoms with E-state index < -0.39 is 0 Å². The van der Waals surface area contributed by atoms with E-state index in [-0.39, 0.29) is 5.91 Å². The molecule has 1 aliphatic rings. The van der Waals surface area contributed by atoms with Crippen LogP contribution in [0.4, 0.5) is 0 Å². The summed E-state index contributed by atoms with van der Waals surface area (Å²) in [4.78, 5) is 14.1. The zero-order chi connectivity index (χ0) is 13.8. The standard InChI is InChI=1S/C14H18Cl2N2O/c15-12-6-3-10(8-13(12)16)9-18(11-4-5-11)14(19)2-1-7-17/h3,6,8,11H,1-2,4-5,7,9,17H2. The molecule has 2 N–H and O–H groups in total. The van der Waals surface area contributed by atoms with Crippen molar-refractivity contribution >= 4 is 29.1 Å². The summed E-state index contributed by atoms with van der Waals surface area (Å²) >= 11 is 11.9. The topological polar surface area (TPSA) is 46.3 Å². The predicted octanol–water partition coefficient (Wildman–Crippen LogP) is 3.22. The Morgan fingerprint density at radius 2 is 2.05 bits per heavy atom. The number of rotatable bonds is 6. The molecule has 1 aromatic carbocycles. The summed E-state index contributed by atoms with van der Waals surface area (Å²) in [6.07, 6.45) is 3.45. The SMILES string of the molecule is NCCCC(=O)N(Cc1ccc(Cl)c(Cl)c1)C1CC1. The highest BCUT2D eigenvalue weighted by atomic mass is 35.5. The third-order valence-corrected chi connectivity index (χ3v) is 3.98. The second kappa shape index (κ2) is 6.60. The molecule has 0 aromatic heterocycles. The molecule has 0 unspecified atom stereocenters. The van der Waals surface area contributed by atoms with Gasteiger partial charge in [0.2, 0.25) is 5.91 Å². The van der Waals surface area contributed by atoms with E-state index >= 15 is 0 Å². The van der Waals surface area contributed by atoms with Gasteiger partial charge in [0.1, 0.15) is 0 Å². The van der Waals surface area contributed by atoms with Gasteiger partial charge in [0.15, 0.2) is 0 Å². The molecule has 0 spiro atoms. The molecular formula is C14H18Cl2N2O. The van der Waals surface area contributed by atoms with Crippen LogP contribution in [-0.4, -0.2) is 23.4 Å². The number of hydrogen-bond donors (Lipinski definition) is 1. The molecule has 1 saturated carbocycles. The summed E-state index contributed by atoms with van der Waals surface area (Å²) < 4.78 is 0. The molecule has 0 saturated heterocycles. The van der Waals surface area contributed by atoms with Crippen LogP contribution in [0.3, 0.4) is 0 Å². The zero-order valence-electron chi connectivity index (χ0n) is 10.7. The highest BCUT2D eigenvalue weighted by Gasteiger charge is 2.32. The maximum absolute atomic E-state index is 12.2. The van der Waals surface area contributed by atoms with Gasteiger partial charge in [-0.25, -0.2) is 0 Å². The van der Waals surface area contributed by atoms with Gasteiger partial charge in [-0.3, -0.25) is 4.79 Å². The van der Waals surface area contributed by atoms with Crippen molar-refractivity contribution in [3.63, 3.8) is 0 Å². The number of hydrogen-bond acceptors (Lipinski definition) is 2. The van der Waals surface area contributed by atoms with Crippen molar-refractivity contribution in [2.75, 3.05) is 6.54 Å². The first kappa shape index (κ1) is 14.6. The van der Waals surface area contributed by atoms with Crippen LogP contribution in [0, 0.1) is 0 Å². The Labute approximate surface area is 123 Å². The van der Waals surface area contributed by atoms with E-state index in [1.807, 2.05) is 17.0 Å². The first-order chi connectivity index (χ1) is 9.11. The second-order valence-electron chi connectivity index (χ2n) is 4.89. The fraction of sp³-hybridized carbons (Fsp3) is 0.500. The fourth-order valence-corrected chi connectivity index (χ4v) is 2.36. The number of halogens is 2. The van der Waals surface area contributed by atoms with Gasteiger partial charge in [0.25, 0.3) is 0 Å². The van der Waals surface area contributed by atoms with Gasteiger partial charge >= 0.3 is 0 Å². The van der Waals surface area contributed by atoms with Crippen LogP contribution in [-0.2, 0) is 11.3 Å². The molecule has 5 heteroatoms. The lowest BCUT2D eigenvalue weighted by Gasteiger charge is -2.22. The van der Waals surface area contributed by atoms with Crippen LogP contribution in [0.25, 0.3) is 0 Å². The number of nitrogens with zero attached hydrogens (tertiary/aromatic N) is 1. The van der Waals surface area contributed by atoms with Crippen molar-refractivity contribution in [2.45, 2.75) is 38.3 Å². The smallest absolute Gasteiger partial charge is 0.223 e. The molecule has 1 aliphatic carbocycles. The maximum Gasteiger partial charge on any atom is 0.223 e. The van der Waals surface area contributed by atoms with Gasteiger partial charge in [-0.1, -0.05) is 29.3 Å². The second-order valence-corrected chi connectivity index (χ2v) is 5.71. The Hall–Kier alpha value is -0.770. The number of carbonyl (C=O) groups is 1. The molecule has 0 bridgehead atoms. The van der Waals surface area contributed by atoms with E-state index in [0.717, 1.165) is 24.8 Å². The molecule has 1 amide bonds. The number of amides is 1. The van der Waals surface area contributed by atoms with Crippen molar-refractivity contribution in [3.05, 3.63) is 33.8 Å². The van der Waals surface area contributed by atoms with Crippen LogP contribution in [0.5, 0.6) is 0 Å². The van der Waals surface area contributed by atoms with Crippen molar-refractivity contribution in [3.8, 4) is 0 Å². The Kier molecular flexibility index (Phi) is 5.08. The number of benzene rings is 1. The molecule has 0 atom stereocenters. The van der Waals surface area contributed by atoms with Crippen molar-refractivity contribution in [1.82, 2.24) is 4.90 Å². The molecular weight excluding hydrogens is 283 g/mol. The van der Waals surface area contributed by atoms with E-state index in [1.165, 1.54) is 0 Å². The molecule has 104 valence electrons. The van der Waals surface area contributed by atoms with Crippen LogP contribution in [0.15, 0.2) is 18.2 Å². The Balaban J connectivity index is 2.03. The van der Waals surface area contributed by atoms with Gasteiger partial charge in [-0.05, 0) is 43.5 Å². The molecule has 0 heterocycles. The largest absolute Gasteiger partial charge is 0.335 e. The molecule has 1 aromatic rings. The molecule has 0 aliphatic heterocycles. The van der Waals surface area contributed by atoms with E-state index in [1.54, 1.807) is 6.07 Å². The summed E-state index contributed by atoms with van der Waals surface area (Å²) in [6, 6.07) is 5.91. The van der Waals surface area contributed by atoms with E-state index in [2.05, 4.69) is 0 Å². The van der Waals surface area contributed by atoms with Gasteiger partial charge in [-0.15, -0.1) is 0 Å². The van der Waals surface area contributed by atoms with Crippen molar-refractivity contribution in [1.29, 1.82) is 0 Å². The lowest BCUT2D eigenvalue weighted by atomic mass is 10.2. The minimum atomic E-state index is 0.180. The molecule has 0 radical (unpaired) electrons. The van der Waals surface area contributed by atoms with E-state index in [9.17, 15) is 4.79 Å². The Morgan fingerprint density at radius 3 is 2.63 bits per heavy atom. The average Bonchev–Trinajstić information content (AvgIpc) is 3.21. The van der Waals surface area contributed by atoms with Gasteiger partial charge in [0.05, 0.1) is 10.0 Å².